The molecule has 6 heteroatoms. The zero-order valence-electron chi connectivity index (χ0n) is 13.9. The number of halogens is 1. The zero-order valence-corrected chi connectivity index (χ0v) is 14.7. The Bertz CT molecular complexity index is 948. The van der Waals surface area contributed by atoms with E-state index in [1.54, 1.807) is 16.7 Å². The number of aryl methyl sites for hydroxylation is 2. The fraction of sp³-hybridized carbons (Fsp3) is 0.278. The zero-order chi connectivity index (χ0) is 17.3. The highest BCUT2D eigenvalue weighted by atomic mass is 35.5. The third kappa shape index (κ3) is 2.87. The molecule has 0 aliphatic carbocycles. The number of hydrogen-bond acceptors (Lipinski definition) is 4. The van der Waals surface area contributed by atoms with Crippen molar-refractivity contribution < 1.29 is 0 Å². The predicted octanol–water partition coefficient (Wildman–Crippen LogP) is 3.87. The van der Waals surface area contributed by atoms with Gasteiger partial charge in [0.15, 0.2) is 0 Å². The quantitative estimate of drug-likeness (QED) is 0.781. The van der Waals surface area contributed by atoms with Crippen molar-refractivity contribution in [2.45, 2.75) is 27.3 Å². The molecule has 0 fully saturated rings. The number of benzene rings is 1. The van der Waals surface area contributed by atoms with Gasteiger partial charge >= 0.3 is 0 Å². The minimum absolute atomic E-state index is 0.0622. The molecule has 0 saturated carbocycles. The van der Waals surface area contributed by atoms with Crippen LogP contribution in [-0.2, 0) is 6.54 Å². The highest BCUT2D eigenvalue weighted by molar-refractivity contribution is 6.30. The van der Waals surface area contributed by atoms with Gasteiger partial charge in [0.2, 0.25) is 5.95 Å². The Labute approximate surface area is 145 Å². The Morgan fingerprint density at radius 1 is 1.17 bits per heavy atom. The van der Waals surface area contributed by atoms with E-state index in [4.69, 9.17) is 11.6 Å². The molecule has 0 radical (unpaired) electrons. The van der Waals surface area contributed by atoms with E-state index in [1.807, 2.05) is 39.0 Å². The average Bonchev–Trinajstić information content (AvgIpc) is 2.56. The lowest BCUT2D eigenvalue weighted by Gasteiger charge is -2.13. The Morgan fingerprint density at radius 2 is 1.88 bits per heavy atom. The molecule has 0 atom stereocenters. The van der Waals surface area contributed by atoms with Crippen molar-refractivity contribution in [3.05, 3.63) is 51.4 Å². The van der Waals surface area contributed by atoms with E-state index >= 15 is 0 Å². The average molecular weight is 343 g/mol. The van der Waals surface area contributed by atoms with Gasteiger partial charge in [-0.05, 0) is 44.5 Å². The summed E-state index contributed by atoms with van der Waals surface area (Å²) in [4.78, 5) is 21.9. The Kier molecular flexibility index (Phi) is 4.53. The van der Waals surface area contributed by atoms with Crippen LogP contribution in [0.25, 0.3) is 22.2 Å². The monoisotopic (exact) mass is 342 g/mol. The number of pyridine rings is 1. The first-order valence-corrected chi connectivity index (χ1v) is 8.35. The number of hydrogen-bond donors (Lipinski definition) is 1. The van der Waals surface area contributed by atoms with Crippen molar-refractivity contribution in [1.29, 1.82) is 0 Å². The van der Waals surface area contributed by atoms with Crippen LogP contribution in [-0.4, -0.2) is 21.1 Å². The third-order valence-corrected chi connectivity index (χ3v) is 4.19. The number of rotatable bonds is 4. The van der Waals surface area contributed by atoms with Crippen LogP contribution in [0.2, 0.25) is 5.02 Å². The molecule has 1 N–H and O–H groups in total. The second-order valence-electron chi connectivity index (χ2n) is 5.51. The summed E-state index contributed by atoms with van der Waals surface area (Å²) < 4.78 is 1.69. The lowest BCUT2D eigenvalue weighted by molar-refractivity contribution is 0.749. The largest absolute Gasteiger partial charge is 0.354 e. The molecule has 0 unspecified atom stereocenters. The summed E-state index contributed by atoms with van der Waals surface area (Å²) in [6.07, 6.45) is 0. The van der Waals surface area contributed by atoms with E-state index in [-0.39, 0.29) is 5.56 Å². The van der Waals surface area contributed by atoms with E-state index < -0.39 is 0 Å². The number of anilines is 1. The Hall–Kier alpha value is -2.40. The standard InChI is InChI=1S/C18H19ClN4O/c1-4-20-18-21-11(3)14-10-15(12-6-8-13(19)9-7-12)17(24)23(5-2)16(14)22-18/h6-10H,4-5H2,1-3H3,(H,20,21,22). The van der Waals surface area contributed by atoms with Crippen molar-refractivity contribution >= 4 is 28.6 Å². The Balaban J connectivity index is 2.32. The molecule has 0 saturated heterocycles. The summed E-state index contributed by atoms with van der Waals surface area (Å²) in [6.45, 7) is 7.13. The second-order valence-corrected chi connectivity index (χ2v) is 5.95. The molecule has 124 valence electrons. The van der Waals surface area contributed by atoms with Crippen molar-refractivity contribution in [3.8, 4) is 11.1 Å². The van der Waals surface area contributed by atoms with Crippen LogP contribution in [0, 0.1) is 6.92 Å². The van der Waals surface area contributed by atoms with E-state index in [9.17, 15) is 4.79 Å². The lowest BCUT2D eigenvalue weighted by atomic mass is 10.1. The summed E-state index contributed by atoms with van der Waals surface area (Å²) in [7, 11) is 0. The molecule has 0 amide bonds. The molecule has 2 heterocycles. The van der Waals surface area contributed by atoms with Crippen LogP contribution in [0.15, 0.2) is 35.1 Å². The van der Waals surface area contributed by atoms with E-state index in [0.717, 1.165) is 23.2 Å². The summed E-state index contributed by atoms with van der Waals surface area (Å²) in [6, 6.07) is 9.16. The van der Waals surface area contributed by atoms with Gasteiger partial charge in [0.1, 0.15) is 5.65 Å². The topological polar surface area (TPSA) is 59.8 Å². The van der Waals surface area contributed by atoms with Crippen LogP contribution in [0.1, 0.15) is 19.5 Å². The van der Waals surface area contributed by atoms with Crippen molar-refractivity contribution in [2.75, 3.05) is 11.9 Å². The molecule has 3 rings (SSSR count). The lowest BCUT2D eigenvalue weighted by Crippen LogP contribution is -2.23. The summed E-state index contributed by atoms with van der Waals surface area (Å²) in [5, 5.41) is 4.63. The van der Waals surface area contributed by atoms with Crippen molar-refractivity contribution in [1.82, 2.24) is 14.5 Å². The van der Waals surface area contributed by atoms with Crippen LogP contribution >= 0.6 is 11.6 Å². The maximum absolute atomic E-state index is 12.9. The number of nitrogens with zero attached hydrogens (tertiary/aromatic N) is 3. The Morgan fingerprint density at radius 3 is 2.50 bits per heavy atom. The summed E-state index contributed by atoms with van der Waals surface area (Å²) in [5.41, 5.74) is 2.90. The fourth-order valence-electron chi connectivity index (χ4n) is 2.76. The highest BCUT2D eigenvalue weighted by Gasteiger charge is 2.14. The van der Waals surface area contributed by atoms with Gasteiger partial charge in [0, 0.05) is 29.1 Å². The molecule has 0 aliphatic rings. The molecule has 2 aromatic heterocycles. The SMILES string of the molecule is CCNc1nc(C)c2cc(-c3ccc(Cl)cc3)c(=O)n(CC)c2n1. The highest BCUT2D eigenvalue weighted by Crippen LogP contribution is 2.24. The number of fused-ring (bicyclic) bond motifs is 1. The predicted molar refractivity (Wildman–Crippen MR) is 98.8 cm³/mol. The molecule has 5 nitrogen and oxygen atoms in total. The molecular formula is C18H19ClN4O. The first-order chi connectivity index (χ1) is 11.5. The van der Waals surface area contributed by atoms with E-state index in [1.165, 1.54) is 0 Å². The minimum Gasteiger partial charge on any atom is -0.354 e. The van der Waals surface area contributed by atoms with Gasteiger partial charge in [0.05, 0.1) is 5.69 Å². The number of aromatic nitrogens is 3. The summed E-state index contributed by atoms with van der Waals surface area (Å²) >= 11 is 5.95. The molecule has 0 aliphatic heterocycles. The van der Waals surface area contributed by atoms with Crippen LogP contribution in [0.4, 0.5) is 5.95 Å². The van der Waals surface area contributed by atoms with E-state index in [0.29, 0.717) is 28.7 Å². The van der Waals surface area contributed by atoms with Gasteiger partial charge in [-0.25, -0.2) is 4.98 Å². The molecule has 0 spiro atoms. The first-order valence-electron chi connectivity index (χ1n) is 7.97. The summed E-state index contributed by atoms with van der Waals surface area (Å²) in [5.74, 6) is 0.545. The molecule has 1 aromatic carbocycles. The maximum Gasteiger partial charge on any atom is 0.260 e. The third-order valence-electron chi connectivity index (χ3n) is 3.94. The van der Waals surface area contributed by atoms with Gasteiger partial charge in [0.25, 0.3) is 5.56 Å². The van der Waals surface area contributed by atoms with Crippen LogP contribution in [0.3, 0.4) is 0 Å². The maximum atomic E-state index is 12.9. The van der Waals surface area contributed by atoms with Crippen LogP contribution < -0.4 is 10.9 Å². The number of nitrogens with one attached hydrogen (secondary N) is 1. The normalized spacial score (nSPS) is 11.0. The van der Waals surface area contributed by atoms with Gasteiger partial charge in [-0.1, -0.05) is 23.7 Å². The van der Waals surface area contributed by atoms with E-state index in [2.05, 4.69) is 15.3 Å². The van der Waals surface area contributed by atoms with Crippen molar-refractivity contribution in [2.24, 2.45) is 0 Å². The van der Waals surface area contributed by atoms with Gasteiger partial charge in [-0.15, -0.1) is 0 Å². The van der Waals surface area contributed by atoms with Crippen LogP contribution in [0.5, 0.6) is 0 Å². The minimum atomic E-state index is -0.0622. The van der Waals surface area contributed by atoms with Crippen molar-refractivity contribution in [3.63, 3.8) is 0 Å². The molecule has 24 heavy (non-hydrogen) atoms. The molecule has 0 bridgehead atoms. The van der Waals surface area contributed by atoms with Gasteiger partial charge < -0.3 is 5.32 Å². The van der Waals surface area contributed by atoms with Gasteiger partial charge in [-0.3, -0.25) is 9.36 Å². The molecular weight excluding hydrogens is 324 g/mol. The fourth-order valence-corrected chi connectivity index (χ4v) is 2.88. The van der Waals surface area contributed by atoms with Gasteiger partial charge in [-0.2, -0.15) is 4.98 Å². The molecule has 3 aromatic rings. The smallest absolute Gasteiger partial charge is 0.260 e. The first kappa shape index (κ1) is 16.5. The second kappa shape index (κ2) is 6.61.